The van der Waals surface area contributed by atoms with Crippen molar-refractivity contribution in [2.24, 2.45) is 0 Å². The van der Waals surface area contributed by atoms with Gasteiger partial charge in [-0.3, -0.25) is 19.1 Å². The highest BCUT2D eigenvalue weighted by Gasteiger charge is 2.16. The molecule has 2 rings (SSSR count). The minimum absolute atomic E-state index is 0.129. The molecule has 0 aliphatic rings. The summed E-state index contributed by atoms with van der Waals surface area (Å²) in [6.07, 6.45) is 0. The Kier molecular flexibility index (Phi) is 5.91. The van der Waals surface area contributed by atoms with Gasteiger partial charge in [-0.25, -0.2) is 4.79 Å². The highest BCUT2D eigenvalue weighted by atomic mass is 16.5. The number of amides is 1. The van der Waals surface area contributed by atoms with Crippen LogP contribution in [0.15, 0.2) is 39.9 Å². The Labute approximate surface area is 138 Å². The molecule has 1 amide bonds. The molecule has 0 aliphatic carbocycles. The molecule has 0 aliphatic heterocycles. The van der Waals surface area contributed by atoms with Crippen LogP contribution in [0.4, 0.5) is 11.5 Å². The van der Waals surface area contributed by atoms with E-state index in [9.17, 15) is 14.4 Å². The second-order valence-electron chi connectivity index (χ2n) is 5.15. The molecule has 128 valence electrons. The van der Waals surface area contributed by atoms with E-state index in [1.165, 1.54) is 18.6 Å². The molecule has 0 saturated carbocycles. The average molecular weight is 332 g/mol. The van der Waals surface area contributed by atoms with Gasteiger partial charge < -0.3 is 15.4 Å². The number of ether oxygens (including phenoxy) is 1. The van der Waals surface area contributed by atoms with Gasteiger partial charge in [-0.1, -0.05) is 30.3 Å². The summed E-state index contributed by atoms with van der Waals surface area (Å²) in [5.41, 5.74) is -0.107. The summed E-state index contributed by atoms with van der Waals surface area (Å²) in [4.78, 5) is 38.0. The first-order valence-corrected chi connectivity index (χ1v) is 7.44. The van der Waals surface area contributed by atoms with Crippen molar-refractivity contribution in [3.8, 4) is 0 Å². The molecule has 0 unspecified atom stereocenters. The Hall–Kier alpha value is -2.87. The highest BCUT2D eigenvalue weighted by molar-refractivity contribution is 5.91. The summed E-state index contributed by atoms with van der Waals surface area (Å²) in [5, 5.41) is 5.54. The number of hydrogen-bond donors (Lipinski definition) is 3. The zero-order valence-corrected chi connectivity index (χ0v) is 13.6. The molecule has 0 atom stereocenters. The number of nitrogens with one attached hydrogen (secondary N) is 3. The van der Waals surface area contributed by atoms with Crippen LogP contribution in [-0.4, -0.2) is 29.2 Å². The number of hydrogen-bond acceptors (Lipinski definition) is 5. The summed E-state index contributed by atoms with van der Waals surface area (Å²) in [6.45, 7) is 2.14. The molecule has 1 heterocycles. The normalized spacial score (nSPS) is 10.4. The number of nitrogens with zero attached hydrogens (tertiary/aromatic N) is 1. The van der Waals surface area contributed by atoms with Crippen LogP contribution in [0.1, 0.15) is 12.5 Å². The number of carbonyl (C=O) groups excluding carboxylic acids is 1. The lowest BCUT2D eigenvalue weighted by Crippen LogP contribution is -2.35. The molecule has 8 nitrogen and oxygen atoms in total. The quantitative estimate of drug-likeness (QED) is 0.694. The lowest BCUT2D eigenvalue weighted by atomic mass is 10.2. The number of aromatic nitrogens is 2. The van der Waals surface area contributed by atoms with Gasteiger partial charge in [0.05, 0.1) is 13.2 Å². The van der Waals surface area contributed by atoms with E-state index in [0.717, 1.165) is 5.56 Å². The maximum atomic E-state index is 12.2. The minimum atomic E-state index is -0.605. The topological polar surface area (TPSA) is 105 Å². The largest absolute Gasteiger partial charge is 0.383 e. The first-order chi connectivity index (χ1) is 11.5. The molecule has 24 heavy (non-hydrogen) atoms. The van der Waals surface area contributed by atoms with Crippen LogP contribution >= 0.6 is 0 Å². The van der Waals surface area contributed by atoms with E-state index < -0.39 is 11.2 Å². The molecule has 2 aromatic rings. The Morgan fingerprint density at radius 1 is 1.25 bits per heavy atom. The number of aromatic amines is 1. The lowest BCUT2D eigenvalue weighted by Gasteiger charge is -2.17. The number of H-pyrrole nitrogens is 1. The van der Waals surface area contributed by atoms with Crippen molar-refractivity contribution >= 4 is 17.4 Å². The van der Waals surface area contributed by atoms with Crippen molar-refractivity contribution in [3.63, 3.8) is 0 Å². The summed E-state index contributed by atoms with van der Waals surface area (Å²) >= 11 is 0. The van der Waals surface area contributed by atoms with Crippen LogP contribution < -0.4 is 21.9 Å². The summed E-state index contributed by atoms with van der Waals surface area (Å²) in [7, 11) is 1.50. The first kappa shape index (κ1) is 17.5. The zero-order valence-electron chi connectivity index (χ0n) is 13.6. The predicted octanol–water partition coefficient (Wildman–Crippen LogP) is 0.753. The van der Waals surface area contributed by atoms with Gasteiger partial charge in [0.1, 0.15) is 11.5 Å². The molecule has 0 saturated heterocycles. The van der Waals surface area contributed by atoms with Gasteiger partial charge in [0.15, 0.2) is 0 Å². The van der Waals surface area contributed by atoms with E-state index in [4.69, 9.17) is 4.74 Å². The van der Waals surface area contributed by atoms with E-state index in [-0.39, 0.29) is 30.6 Å². The van der Waals surface area contributed by atoms with Crippen molar-refractivity contribution in [3.05, 3.63) is 56.7 Å². The predicted molar refractivity (Wildman–Crippen MR) is 91.3 cm³/mol. The van der Waals surface area contributed by atoms with Gasteiger partial charge in [0, 0.05) is 20.6 Å². The Bertz CT molecular complexity index is 811. The Morgan fingerprint density at radius 3 is 2.58 bits per heavy atom. The van der Waals surface area contributed by atoms with Crippen LogP contribution in [0.2, 0.25) is 0 Å². The summed E-state index contributed by atoms with van der Waals surface area (Å²) < 4.78 is 6.24. The minimum Gasteiger partial charge on any atom is -0.383 e. The fourth-order valence-electron chi connectivity index (χ4n) is 2.21. The molecule has 0 bridgehead atoms. The van der Waals surface area contributed by atoms with Crippen LogP contribution in [0.3, 0.4) is 0 Å². The lowest BCUT2D eigenvalue weighted by molar-refractivity contribution is -0.114. The van der Waals surface area contributed by atoms with Gasteiger partial charge in [0.2, 0.25) is 5.91 Å². The fourth-order valence-corrected chi connectivity index (χ4v) is 2.21. The standard InChI is InChI=1S/C16H20N4O4/c1-11(21)18-14-13(17-10-12-6-4-3-5-7-12)15(22)19-16(23)20(14)8-9-24-2/h3-7,17H,8-10H2,1-2H3,(H,18,21)(H,19,22,23). The molecule has 3 N–H and O–H groups in total. The number of rotatable bonds is 7. The van der Waals surface area contributed by atoms with E-state index in [0.29, 0.717) is 6.54 Å². The summed E-state index contributed by atoms with van der Waals surface area (Å²) in [5.74, 6) is -0.252. The van der Waals surface area contributed by atoms with Gasteiger partial charge in [-0.2, -0.15) is 0 Å². The van der Waals surface area contributed by atoms with Gasteiger partial charge >= 0.3 is 5.69 Å². The van der Waals surface area contributed by atoms with Crippen molar-refractivity contribution in [2.75, 3.05) is 24.4 Å². The van der Waals surface area contributed by atoms with Crippen molar-refractivity contribution in [1.82, 2.24) is 9.55 Å². The molecular formula is C16H20N4O4. The van der Waals surface area contributed by atoms with Crippen LogP contribution in [0, 0.1) is 0 Å². The number of benzene rings is 1. The smallest absolute Gasteiger partial charge is 0.330 e. The maximum Gasteiger partial charge on any atom is 0.330 e. The van der Waals surface area contributed by atoms with Gasteiger partial charge in [-0.05, 0) is 5.56 Å². The van der Waals surface area contributed by atoms with Gasteiger partial charge in [-0.15, -0.1) is 0 Å². The molecule has 0 radical (unpaired) electrons. The van der Waals surface area contributed by atoms with Gasteiger partial charge in [0.25, 0.3) is 5.56 Å². The second-order valence-corrected chi connectivity index (χ2v) is 5.15. The molecular weight excluding hydrogens is 312 g/mol. The van der Waals surface area contributed by atoms with Crippen molar-refractivity contribution in [1.29, 1.82) is 0 Å². The molecule has 1 aromatic heterocycles. The molecule has 0 spiro atoms. The molecule has 8 heteroatoms. The molecule has 1 aromatic carbocycles. The zero-order chi connectivity index (χ0) is 17.5. The summed E-state index contributed by atoms with van der Waals surface area (Å²) in [6, 6.07) is 9.47. The second kappa shape index (κ2) is 8.11. The number of methoxy groups -OCH3 is 1. The first-order valence-electron chi connectivity index (χ1n) is 7.44. The third-order valence-corrected chi connectivity index (χ3v) is 3.32. The average Bonchev–Trinajstić information content (AvgIpc) is 2.54. The fraction of sp³-hybridized carbons (Fsp3) is 0.312. The van der Waals surface area contributed by atoms with Crippen LogP contribution in [-0.2, 0) is 22.6 Å². The third kappa shape index (κ3) is 4.32. The van der Waals surface area contributed by atoms with Crippen LogP contribution in [0.5, 0.6) is 0 Å². The van der Waals surface area contributed by atoms with E-state index >= 15 is 0 Å². The number of carbonyl (C=O) groups is 1. The third-order valence-electron chi connectivity index (χ3n) is 3.32. The van der Waals surface area contributed by atoms with Crippen LogP contribution in [0.25, 0.3) is 0 Å². The maximum absolute atomic E-state index is 12.2. The number of anilines is 2. The van der Waals surface area contributed by atoms with E-state index in [1.807, 2.05) is 30.3 Å². The SMILES string of the molecule is COCCn1c(NC(C)=O)c(NCc2ccccc2)c(=O)[nH]c1=O. The van der Waals surface area contributed by atoms with E-state index in [2.05, 4.69) is 15.6 Å². The molecule has 0 fully saturated rings. The van der Waals surface area contributed by atoms with Crippen molar-refractivity contribution < 1.29 is 9.53 Å². The van der Waals surface area contributed by atoms with Crippen molar-refractivity contribution in [2.45, 2.75) is 20.0 Å². The van der Waals surface area contributed by atoms with E-state index in [1.54, 1.807) is 0 Å². The Morgan fingerprint density at radius 2 is 1.96 bits per heavy atom. The Balaban J connectivity index is 2.41. The monoisotopic (exact) mass is 332 g/mol. The highest BCUT2D eigenvalue weighted by Crippen LogP contribution is 2.16.